The molecule has 1 N–H and O–H groups in total. The van der Waals surface area contributed by atoms with Crippen molar-refractivity contribution in [3.8, 4) is 17.3 Å². The quantitative estimate of drug-likeness (QED) is 0.426. The number of benzene rings is 1. The number of ether oxygens (including phenoxy) is 2. The summed E-state index contributed by atoms with van der Waals surface area (Å²) >= 11 is 0. The topological polar surface area (TPSA) is 86.5 Å². The first-order valence-corrected chi connectivity index (χ1v) is 9.56. The third kappa shape index (κ3) is 4.58. The molecule has 162 valence electrons. The number of rotatable bonds is 8. The normalized spacial score (nSPS) is 12.1. The Hall–Kier alpha value is -3.66. The second-order valence-corrected chi connectivity index (χ2v) is 6.74. The summed E-state index contributed by atoms with van der Waals surface area (Å²) in [5, 5.41) is 7.41. The van der Waals surface area contributed by atoms with Gasteiger partial charge in [-0.15, -0.1) is 0 Å². The van der Waals surface area contributed by atoms with E-state index in [9.17, 15) is 8.78 Å². The number of methoxy groups -OCH3 is 1. The summed E-state index contributed by atoms with van der Waals surface area (Å²) in [5.74, 6) is -0.867. The van der Waals surface area contributed by atoms with Crippen LogP contribution in [0.15, 0.2) is 48.9 Å². The van der Waals surface area contributed by atoms with E-state index in [1.807, 2.05) is 0 Å². The molecule has 31 heavy (non-hydrogen) atoms. The van der Waals surface area contributed by atoms with Crippen molar-refractivity contribution in [2.24, 2.45) is 0 Å². The van der Waals surface area contributed by atoms with Crippen LogP contribution in [0.25, 0.3) is 16.9 Å². The molecular formula is C21H22F2N6O2. The van der Waals surface area contributed by atoms with Crippen molar-refractivity contribution < 1.29 is 19.7 Å². The van der Waals surface area contributed by atoms with Crippen LogP contribution in [-0.4, -0.2) is 44.9 Å². The highest BCUT2D eigenvalue weighted by Gasteiger charge is 2.16. The molecule has 0 saturated carbocycles. The summed E-state index contributed by atoms with van der Waals surface area (Å²) in [4.78, 5) is 13.2. The summed E-state index contributed by atoms with van der Waals surface area (Å²) in [6.45, 7) is 2.38. The van der Waals surface area contributed by atoms with Crippen molar-refractivity contribution in [3.05, 3.63) is 66.1 Å². The zero-order valence-corrected chi connectivity index (χ0v) is 16.9. The van der Waals surface area contributed by atoms with E-state index in [4.69, 9.17) is 9.47 Å². The molecule has 3 heterocycles. The Kier molecular flexibility index (Phi) is 5.99. The average molecular weight is 428 g/mol. The second-order valence-electron chi connectivity index (χ2n) is 6.74. The van der Waals surface area contributed by atoms with E-state index in [2.05, 4.69) is 25.4 Å². The van der Waals surface area contributed by atoms with Crippen LogP contribution >= 0.6 is 0 Å². The highest BCUT2D eigenvalue weighted by atomic mass is 19.1. The molecule has 3 aromatic heterocycles. The van der Waals surface area contributed by atoms with Crippen molar-refractivity contribution in [2.75, 3.05) is 25.6 Å². The SMILES string of the molecule is COCCOc1nc(N[C@@H](C)c2ccc(F)cc2F)cc(-c2cnn3cccnc23)n1.[HH]. The maximum absolute atomic E-state index is 14.2. The van der Waals surface area contributed by atoms with Gasteiger partial charge in [0.1, 0.15) is 24.1 Å². The number of nitrogens with one attached hydrogen (secondary N) is 1. The number of hydrogen-bond acceptors (Lipinski definition) is 7. The van der Waals surface area contributed by atoms with Gasteiger partial charge in [0.2, 0.25) is 0 Å². The van der Waals surface area contributed by atoms with E-state index < -0.39 is 17.7 Å². The van der Waals surface area contributed by atoms with Crippen LogP contribution in [0.5, 0.6) is 6.01 Å². The fraction of sp³-hybridized carbons (Fsp3) is 0.238. The molecule has 0 bridgehead atoms. The van der Waals surface area contributed by atoms with Crippen LogP contribution in [-0.2, 0) is 4.74 Å². The van der Waals surface area contributed by atoms with Gasteiger partial charge in [-0.3, -0.25) is 0 Å². The maximum atomic E-state index is 14.2. The Morgan fingerprint density at radius 3 is 2.87 bits per heavy atom. The molecule has 0 aliphatic rings. The summed E-state index contributed by atoms with van der Waals surface area (Å²) in [5.41, 5.74) is 2.14. The van der Waals surface area contributed by atoms with Gasteiger partial charge in [0.15, 0.2) is 5.65 Å². The van der Waals surface area contributed by atoms with E-state index in [-0.39, 0.29) is 14.0 Å². The minimum absolute atomic E-state index is 0. The lowest BCUT2D eigenvalue weighted by Gasteiger charge is -2.17. The Bertz CT molecular complexity index is 1210. The van der Waals surface area contributed by atoms with Crippen molar-refractivity contribution in [2.45, 2.75) is 13.0 Å². The average Bonchev–Trinajstić information content (AvgIpc) is 3.18. The predicted octanol–water partition coefficient (Wildman–Crippen LogP) is 3.91. The van der Waals surface area contributed by atoms with E-state index >= 15 is 0 Å². The van der Waals surface area contributed by atoms with Crippen LogP contribution < -0.4 is 10.1 Å². The molecule has 0 fully saturated rings. The first-order valence-electron chi connectivity index (χ1n) is 9.56. The minimum atomic E-state index is -0.641. The van der Waals surface area contributed by atoms with Crippen molar-refractivity contribution in [1.82, 2.24) is 24.6 Å². The minimum Gasteiger partial charge on any atom is -0.461 e. The van der Waals surface area contributed by atoms with Gasteiger partial charge in [-0.25, -0.2) is 18.3 Å². The Morgan fingerprint density at radius 1 is 1.19 bits per heavy atom. The molecule has 0 spiro atoms. The van der Waals surface area contributed by atoms with Gasteiger partial charge in [0.25, 0.3) is 0 Å². The molecule has 4 rings (SSSR count). The van der Waals surface area contributed by atoms with Crippen molar-refractivity contribution >= 4 is 11.5 Å². The lowest BCUT2D eigenvalue weighted by atomic mass is 10.1. The molecule has 10 heteroatoms. The molecule has 0 radical (unpaired) electrons. The lowest BCUT2D eigenvalue weighted by Crippen LogP contribution is -2.12. The summed E-state index contributed by atoms with van der Waals surface area (Å²) in [6, 6.07) is 6.57. The first-order chi connectivity index (χ1) is 15.0. The number of anilines is 1. The molecule has 1 aromatic carbocycles. The van der Waals surface area contributed by atoms with Crippen LogP contribution in [0, 0.1) is 11.6 Å². The highest BCUT2D eigenvalue weighted by molar-refractivity contribution is 5.75. The molecule has 8 nitrogen and oxygen atoms in total. The Morgan fingerprint density at radius 2 is 2.06 bits per heavy atom. The van der Waals surface area contributed by atoms with E-state index in [1.165, 1.54) is 12.1 Å². The number of hydrogen-bond donors (Lipinski definition) is 1. The number of nitrogens with zero attached hydrogens (tertiary/aromatic N) is 5. The number of fused-ring (bicyclic) bond motifs is 1. The van der Waals surface area contributed by atoms with E-state index in [0.29, 0.717) is 34.9 Å². The Labute approximate surface area is 178 Å². The van der Waals surface area contributed by atoms with Gasteiger partial charge >= 0.3 is 6.01 Å². The monoisotopic (exact) mass is 428 g/mol. The van der Waals surface area contributed by atoms with Gasteiger partial charge < -0.3 is 14.8 Å². The smallest absolute Gasteiger partial charge is 0.319 e. The van der Waals surface area contributed by atoms with Crippen molar-refractivity contribution in [3.63, 3.8) is 0 Å². The molecule has 0 aliphatic carbocycles. The highest BCUT2D eigenvalue weighted by Crippen LogP contribution is 2.28. The predicted molar refractivity (Wildman–Crippen MR) is 112 cm³/mol. The second kappa shape index (κ2) is 9.00. The third-order valence-corrected chi connectivity index (χ3v) is 4.57. The molecule has 0 amide bonds. The van der Waals surface area contributed by atoms with Crippen LogP contribution in [0.2, 0.25) is 0 Å². The Balaban J connectivity index is 0.00000289. The number of aromatic nitrogens is 5. The van der Waals surface area contributed by atoms with Gasteiger partial charge in [0.05, 0.1) is 30.1 Å². The zero-order chi connectivity index (χ0) is 21.8. The molecule has 0 unspecified atom stereocenters. The zero-order valence-electron chi connectivity index (χ0n) is 16.9. The molecule has 1 atom stereocenters. The van der Waals surface area contributed by atoms with Gasteiger partial charge in [-0.1, -0.05) is 6.07 Å². The van der Waals surface area contributed by atoms with Crippen LogP contribution in [0.4, 0.5) is 14.6 Å². The fourth-order valence-corrected chi connectivity index (χ4v) is 3.08. The van der Waals surface area contributed by atoms with Crippen LogP contribution in [0.3, 0.4) is 0 Å². The summed E-state index contributed by atoms with van der Waals surface area (Å²) in [6.07, 6.45) is 5.09. The largest absolute Gasteiger partial charge is 0.461 e. The first kappa shape index (κ1) is 20.6. The number of halogens is 2. The molecular weight excluding hydrogens is 406 g/mol. The molecule has 0 saturated heterocycles. The fourth-order valence-electron chi connectivity index (χ4n) is 3.08. The summed E-state index contributed by atoms with van der Waals surface area (Å²) < 4.78 is 39.7. The summed E-state index contributed by atoms with van der Waals surface area (Å²) in [7, 11) is 1.57. The maximum Gasteiger partial charge on any atom is 0.319 e. The van der Waals surface area contributed by atoms with Crippen molar-refractivity contribution in [1.29, 1.82) is 0 Å². The van der Waals surface area contributed by atoms with Gasteiger partial charge in [0, 0.05) is 38.6 Å². The van der Waals surface area contributed by atoms with Gasteiger partial charge in [-0.05, 0) is 19.1 Å². The van der Waals surface area contributed by atoms with Crippen LogP contribution in [0.1, 0.15) is 20.0 Å². The molecule has 4 aromatic rings. The third-order valence-electron chi connectivity index (χ3n) is 4.57. The standard InChI is InChI=1S/C21H20F2N6O2.H2/c1-13(15-5-4-14(22)10-17(15)23)26-19-11-18(27-21(28-19)31-9-8-30-2)16-12-25-29-7-3-6-24-20(16)29;/h3-7,10-13H,8-9H2,1-2H3,(H,26,27,28);1H/t13-;/m0./s1. The lowest BCUT2D eigenvalue weighted by molar-refractivity contribution is 0.141. The van der Waals surface area contributed by atoms with E-state index in [1.54, 1.807) is 49.3 Å². The molecule has 0 aliphatic heterocycles. The van der Waals surface area contributed by atoms with E-state index in [0.717, 1.165) is 6.07 Å². The van der Waals surface area contributed by atoms with Gasteiger partial charge in [-0.2, -0.15) is 15.1 Å².